The number of hydrogen-bond acceptors (Lipinski definition) is 4. The quantitative estimate of drug-likeness (QED) is 0.453. The molecule has 0 amide bonds. The van der Waals surface area contributed by atoms with Crippen molar-refractivity contribution in [1.29, 1.82) is 0 Å². The Hall–Kier alpha value is -2.76. The zero-order chi connectivity index (χ0) is 22.2. The maximum Gasteiger partial charge on any atom is 0.164 e. The second-order valence-corrected chi connectivity index (χ2v) is 8.94. The Morgan fingerprint density at radius 1 is 0.781 bits per heavy atom. The predicted octanol–water partition coefficient (Wildman–Crippen LogP) is 4.39. The van der Waals surface area contributed by atoms with Gasteiger partial charge >= 0.3 is 0 Å². The molecule has 1 aliphatic heterocycles. The molecule has 0 aromatic heterocycles. The molecule has 1 aliphatic carbocycles. The normalized spacial score (nSPS) is 24.2. The second kappa shape index (κ2) is 8.30. The molecule has 1 fully saturated rings. The molecule has 3 aromatic carbocycles. The molecular formula is C28H29NO3. The van der Waals surface area contributed by atoms with Gasteiger partial charge in [-0.2, -0.15) is 0 Å². The topological polar surface area (TPSA) is 50.7 Å². The van der Waals surface area contributed by atoms with Gasteiger partial charge in [-0.15, -0.1) is 0 Å². The van der Waals surface area contributed by atoms with E-state index in [1.165, 1.54) is 0 Å². The van der Waals surface area contributed by atoms with Crippen molar-refractivity contribution in [3.05, 3.63) is 119 Å². The first-order valence-corrected chi connectivity index (χ1v) is 11.1. The van der Waals surface area contributed by atoms with Gasteiger partial charge in [0.1, 0.15) is 12.2 Å². The van der Waals surface area contributed by atoms with E-state index in [1.807, 2.05) is 32.0 Å². The first-order chi connectivity index (χ1) is 15.5. The zero-order valence-electron chi connectivity index (χ0n) is 18.4. The lowest BCUT2D eigenvalue weighted by molar-refractivity contribution is -0.147. The molecule has 0 bridgehead atoms. The molecule has 3 atom stereocenters. The lowest BCUT2D eigenvalue weighted by atomic mass is 9.76. The summed E-state index contributed by atoms with van der Waals surface area (Å²) in [5.41, 5.74) is 3.66. The van der Waals surface area contributed by atoms with Gasteiger partial charge in [0.15, 0.2) is 5.79 Å². The van der Waals surface area contributed by atoms with E-state index in [1.54, 1.807) is 0 Å². The molecule has 164 valence electrons. The summed E-state index contributed by atoms with van der Waals surface area (Å²) in [6.45, 7) is 3.81. The summed E-state index contributed by atoms with van der Waals surface area (Å²) in [5, 5.41) is 14.0. The number of hydrogen-bond donors (Lipinski definition) is 2. The Balaban J connectivity index is 1.68. The van der Waals surface area contributed by atoms with Crippen molar-refractivity contribution >= 4 is 0 Å². The van der Waals surface area contributed by atoms with Crippen molar-refractivity contribution < 1.29 is 14.6 Å². The molecule has 1 heterocycles. The standard InChI is InChI=1S/C28H29NO3/c1-27(2)31-25-20(19-30)18-24(26(25)32-27)29-28(21-12-6-3-7-13-21,22-14-8-4-9-15-22)23-16-10-5-11-17-23/h3-18,24-26,29-30H,19H2,1-2H3/t24-,25-,26+/m1/s1. The summed E-state index contributed by atoms with van der Waals surface area (Å²) in [7, 11) is 0. The molecule has 2 aliphatic rings. The van der Waals surface area contributed by atoms with Crippen molar-refractivity contribution in [2.75, 3.05) is 6.61 Å². The molecular weight excluding hydrogens is 398 g/mol. The highest BCUT2D eigenvalue weighted by Crippen LogP contribution is 2.42. The minimum Gasteiger partial charge on any atom is -0.392 e. The summed E-state index contributed by atoms with van der Waals surface area (Å²) in [6, 6.07) is 31.3. The van der Waals surface area contributed by atoms with Gasteiger partial charge in [0.05, 0.1) is 18.2 Å². The van der Waals surface area contributed by atoms with Gasteiger partial charge in [-0.05, 0) is 36.1 Å². The summed E-state index contributed by atoms with van der Waals surface area (Å²) >= 11 is 0. The summed E-state index contributed by atoms with van der Waals surface area (Å²) in [4.78, 5) is 0. The fourth-order valence-corrected chi connectivity index (χ4v) is 5.09. The highest BCUT2D eigenvalue weighted by molar-refractivity contribution is 5.50. The van der Waals surface area contributed by atoms with Gasteiger partial charge in [0.25, 0.3) is 0 Å². The van der Waals surface area contributed by atoms with Gasteiger partial charge in [0.2, 0.25) is 0 Å². The highest BCUT2D eigenvalue weighted by Gasteiger charge is 2.52. The first kappa shape index (κ1) is 21.1. The number of ether oxygens (including phenoxy) is 2. The van der Waals surface area contributed by atoms with E-state index < -0.39 is 11.3 Å². The van der Waals surface area contributed by atoms with Crippen LogP contribution in [0.4, 0.5) is 0 Å². The van der Waals surface area contributed by atoms with Gasteiger partial charge in [-0.25, -0.2) is 0 Å². The van der Waals surface area contributed by atoms with E-state index in [2.05, 4.69) is 84.2 Å². The molecule has 4 nitrogen and oxygen atoms in total. The summed E-state index contributed by atoms with van der Waals surface area (Å²) < 4.78 is 12.5. The number of aliphatic hydroxyl groups is 1. The average molecular weight is 428 g/mol. The monoisotopic (exact) mass is 427 g/mol. The van der Waals surface area contributed by atoms with Crippen LogP contribution in [0, 0.1) is 0 Å². The van der Waals surface area contributed by atoms with Crippen molar-refractivity contribution in [2.24, 2.45) is 0 Å². The Morgan fingerprint density at radius 2 is 1.25 bits per heavy atom. The Bertz CT molecular complexity index is 983. The van der Waals surface area contributed by atoms with Crippen LogP contribution in [-0.4, -0.2) is 35.8 Å². The van der Waals surface area contributed by atoms with Crippen LogP contribution in [0.3, 0.4) is 0 Å². The van der Waals surface area contributed by atoms with E-state index in [0.29, 0.717) is 0 Å². The summed E-state index contributed by atoms with van der Waals surface area (Å²) in [5.74, 6) is -0.696. The average Bonchev–Trinajstić information content (AvgIpc) is 3.32. The Morgan fingerprint density at radius 3 is 1.69 bits per heavy atom. The minimum absolute atomic E-state index is 0.0478. The molecule has 0 radical (unpaired) electrons. The molecule has 5 rings (SSSR count). The highest BCUT2D eigenvalue weighted by atomic mass is 16.8. The molecule has 32 heavy (non-hydrogen) atoms. The zero-order valence-corrected chi connectivity index (χ0v) is 18.4. The maximum atomic E-state index is 10.0. The van der Waals surface area contributed by atoms with Gasteiger partial charge in [0, 0.05) is 0 Å². The Labute approximate surface area is 189 Å². The van der Waals surface area contributed by atoms with E-state index in [9.17, 15) is 5.11 Å². The van der Waals surface area contributed by atoms with E-state index in [4.69, 9.17) is 9.47 Å². The molecule has 3 aromatic rings. The molecule has 4 heteroatoms. The van der Waals surface area contributed by atoms with Crippen molar-refractivity contribution in [3.8, 4) is 0 Å². The van der Waals surface area contributed by atoms with Crippen LogP contribution < -0.4 is 5.32 Å². The number of rotatable bonds is 6. The fourth-order valence-electron chi connectivity index (χ4n) is 5.09. The smallest absolute Gasteiger partial charge is 0.164 e. The van der Waals surface area contributed by atoms with Crippen LogP contribution in [-0.2, 0) is 15.0 Å². The third-order valence-corrected chi connectivity index (χ3v) is 6.43. The molecule has 1 saturated heterocycles. The van der Waals surface area contributed by atoms with Gasteiger partial charge in [-0.3, -0.25) is 5.32 Å². The second-order valence-electron chi connectivity index (χ2n) is 8.94. The third kappa shape index (κ3) is 3.59. The maximum absolute atomic E-state index is 10.0. The molecule has 0 saturated carbocycles. The first-order valence-electron chi connectivity index (χ1n) is 11.1. The van der Waals surface area contributed by atoms with E-state index >= 15 is 0 Å². The van der Waals surface area contributed by atoms with Crippen LogP contribution >= 0.6 is 0 Å². The number of fused-ring (bicyclic) bond motifs is 1. The summed E-state index contributed by atoms with van der Waals surface area (Å²) in [6.07, 6.45) is 1.60. The van der Waals surface area contributed by atoms with Crippen molar-refractivity contribution in [3.63, 3.8) is 0 Å². The van der Waals surface area contributed by atoms with Crippen LogP contribution in [0.5, 0.6) is 0 Å². The minimum atomic E-state index is -0.696. The van der Waals surface area contributed by atoms with Crippen LogP contribution in [0.1, 0.15) is 30.5 Å². The number of aliphatic hydroxyl groups excluding tert-OH is 1. The van der Waals surface area contributed by atoms with Crippen LogP contribution in [0.15, 0.2) is 103 Å². The molecule has 0 unspecified atom stereocenters. The number of nitrogens with one attached hydrogen (secondary N) is 1. The van der Waals surface area contributed by atoms with Gasteiger partial charge < -0.3 is 14.6 Å². The van der Waals surface area contributed by atoms with Gasteiger partial charge in [-0.1, -0.05) is 97.1 Å². The fraction of sp³-hybridized carbons (Fsp3) is 0.286. The largest absolute Gasteiger partial charge is 0.392 e. The van der Waals surface area contributed by atoms with Crippen LogP contribution in [0.25, 0.3) is 0 Å². The van der Waals surface area contributed by atoms with E-state index in [0.717, 1.165) is 22.3 Å². The lowest BCUT2D eigenvalue weighted by Gasteiger charge is -2.40. The SMILES string of the molecule is CC1(C)O[C@@H]2[C@H](O1)C(CO)=C[C@H]2NC(c1ccccc1)(c1ccccc1)c1ccccc1. The lowest BCUT2D eigenvalue weighted by Crippen LogP contribution is -2.53. The number of benzene rings is 3. The third-order valence-electron chi connectivity index (χ3n) is 6.43. The molecule has 2 N–H and O–H groups in total. The van der Waals surface area contributed by atoms with Crippen molar-refractivity contribution in [1.82, 2.24) is 5.32 Å². The van der Waals surface area contributed by atoms with Crippen LogP contribution in [0.2, 0.25) is 0 Å². The van der Waals surface area contributed by atoms with Crippen molar-refractivity contribution in [2.45, 2.75) is 43.4 Å². The predicted molar refractivity (Wildman–Crippen MR) is 125 cm³/mol. The molecule has 0 spiro atoms. The Kier molecular flexibility index (Phi) is 5.48. The van der Waals surface area contributed by atoms with E-state index in [-0.39, 0.29) is 24.9 Å².